The van der Waals surface area contributed by atoms with E-state index in [0.717, 1.165) is 5.56 Å². The molecule has 1 amide bonds. The fourth-order valence-corrected chi connectivity index (χ4v) is 2.27. The summed E-state index contributed by atoms with van der Waals surface area (Å²) < 4.78 is 0. The van der Waals surface area contributed by atoms with E-state index >= 15 is 0 Å². The Labute approximate surface area is 127 Å². The molecular formula is C16H14ClNO3. The number of carbonyl (C=O) groups excluding carboxylic acids is 1. The van der Waals surface area contributed by atoms with Crippen LogP contribution in [0.3, 0.4) is 0 Å². The molecule has 2 N–H and O–H groups in total. The van der Waals surface area contributed by atoms with Crippen molar-refractivity contribution in [2.24, 2.45) is 0 Å². The molecule has 0 bridgehead atoms. The SMILES string of the molecule is Cc1ccc(C(=O)N[C@H](C(=O)O)c2ccccc2)c(Cl)c1. The maximum absolute atomic E-state index is 12.2. The van der Waals surface area contributed by atoms with Crippen LogP contribution in [0.25, 0.3) is 0 Å². The topological polar surface area (TPSA) is 66.4 Å². The molecule has 2 aromatic carbocycles. The third-order valence-electron chi connectivity index (χ3n) is 3.02. The fraction of sp³-hybridized carbons (Fsp3) is 0.125. The van der Waals surface area contributed by atoms with Crippen molar-refractivity contribution in [1.29, 1.82) is 0 Å². The second-order valence-corrected chi connectivity index (χ2v) is 5.05. The van der Waals surface area contributed by atoms with Crippen molar-refractivity contribution >= 4 is 23.5 Å². The number of amides is 1. The van der Waals surface area contributed by atoms with Gasteiger partial charge in [-0.25, -0.2) is 4.79 Å². The molecule has 0 unspecified atom stereocenters. The van der Waals surface area contributed by atoms with Crippen LogP contribution >= 0.6 is 11.6 Å². The Morgan fingerprint density at radius 2 is 1.81 bits per heavy atom. The van der Waals surface area contributed by atoms with Gasteiger partial charge in [-0.15, -0.1) is 0 Å². The van der Waals surface area contributed by atoms with Gasteiger partial charge in [0.05, 0.1) is 10.6 Å². The van der Waals surface area contributed by atoms with Crippen LogP contribution in [0.5, 0.6) is 0 Å². The smallest absolute Gasteiger partial charge is 0.330 e. The molecule has 0 aromatic heterocycles. The van der Waals surface area contributed by atoms with E-state index in [0.29, 0.717) is 10.6 Å². The summed E-state index contributed by atoms with van der Waals surface area (Å²) in [5, 5.41) is 12.1. The predicted molar refractivity (Wildman–Crippen MR) is 80.5 cm³/mol. The number of hydrogen-bond acceptors (Lipinski definition) is 2. The molecule has 0 saturated carbocycles. The maximum Gasteiger partial charge on any atom is 0.330 e. The Kier molecular flexibility index (Phi) is 4.60. The van der Waals surface area contributed by atoms with Crippen LogP contribution in [-0.4, -0.2) is 17.0 Å². The number of carboxylic acids is 1. The van der Waals surface area contributed by atoms with Crippen molar-refractivity contribution in [3.8, 4) is 0 Å². The number of hydrogen-bond donors (Lipinski definition) is 2. The molecule has 0 radical (unpaired) electrons. The minimum absolute atomic E-state index is 0.254. The first-order chi connectivity index (χ1) is 9.99. The summed E-state index contributed by atoms with van der Waals surface area (Å²) in [6.45, 7) is 1.86. The summed E-state index contributed by atoms with van der Waals surface area (Å²) in [5.74, 6) is -1.64. The van der Waals surface area contributed by atoms with Crippen LogP contribution in [0, 0.1) is 6.92 Å². The molecule has 0 spiro atoms. The van der Waals surface area contributed by atoms with E-state index in [1.54, 1.807) is 48.5 Å². The molecule has 4 nitrogen and oxygen atoms in total. The van der Waals surface area contributed by atoms with Crippen LogP contribution in [0.1, 0.15) is 27.5 Å². The zero-order valence-corrected chi connectivity index (χ0v) is 12.1. The first-order valence-corrected chi connectivity index (χ1v) is 6.71. The summed E-state index contributed by atoms with van der Waals surface area (Å²) in [6.07, 6.45) is 0. The van der Waals surface area contributed by atoms with Gasteiger partial charge in [-0.05, 0) is 30.2 Å². The van der Waals surface area contributed by atoms with E-state index in [2.05, 4.69) is 5.32 Å². The number of aryl methyl sites for hydroxylation is 1. The number of aliphatic carboxylic acids is 1. The molecule has 0 aliphatic rings. The second kappa shape index (κ2) is 6.41. The molecule has 108 valence electrons. The quantitative estimate of drug-likeness (QED) is 0.911. The molecule has 2 rings (SSSR count). The highest BCUT2D eigenvalue weighted by Crippen LogP contribution is 2.19. The van der Waals surface area contributed by atoms with E-state index in [1.807, 2.05) is 6.92 Å². The average molecular weight is 304 g/mol. The average Bonchev–Trinajstić information content (AvgIpc) is 2.45. The van der Waals surface area contributed by atoms with Gasteiger partial charge >= 0.3 is 5.97 Å². The largest absolute Gasteiger partial charge is 0.479 e. The van der Waals surface area contributed by atoms with Crippen LogP contribution < -0.4 is 5.32 Å². The van der Waals surface area contributed by atoms with E-state index in [1.165, 1.54) is 0 Å². The summed E-state index contributed by atoms with van der Waals surface area (Å²) in [7, 11) is 0. The Hall–Kier alpha value is -2.33. The highest BCUT2D eigenvalue weighted by atomic mass is 35.5. The molecule has 0 aliphatic carbocycles. The summed E-state index contributed by atoms with van der Waals surface area (Å²) in [5.41, 5.74) is 1.68. The lowest BCUT2D eigenvalue weighted by Crippen LogP contribution is -2.33. The number of carbonyl (C=O) groups is 2. The molecule has 1 atom stereocenters. The van der Waals surface area contributed by atoms with E-state index in [4.69, 9.17) is 11.6 Å². The molecular weight excluding hydrogens is 290 g/mol. The first-order valence-electron chi connectivity index (χ1n) is 6.34. The van der Waals surface area contributed by atoms with E-state index in [9.17, 15) is 14.7 Å². The van der Waals surface area contributed by atoms with E-state index < -0.39 is 17.9 Å². The number of rotatable bonds is 4. The zero-order chi connectivity index (χ0) is 15.4. The van der Waals surface area contributed by atoms with Crippen LogP contribution in [0.2, 0.25) is 5.02 Å². The van der Waals surface area contributed by atoms with Crippen molar-refractivity contribution in [1.82, 2.24) is 5.32 Å². The molecule has 0 heterocycles. The lowest BCUT2D eigenvalue weighted by atomic mass is 10.1. The third-order valence-corrected chi connectivity index (χ3v) is 3.34. The first kappa shape index (κ1) is 15.1. The van der Waals surface area contributed by atoms with Crippen LogP contribution in [0.4, 0.5) is 0 Å². The van der Waals surface area contributed by atoms with Gasteiger partial charge in [0.25, 0.3) is 5.91 Å². The van der Waals surface area contributed by atoms with Gasteiger partial charge < -0.3 is 10.4 Å². The highest BCUT2D eigenvalue weighted by Gasteiger charge is 2.23. The predicted octanol–water partition coefficient (Wildman–Crippen LogP) is 3.20. The third kappa shape index (κ3) is 3.61. The van der Waals surface area contributed by atoms with Gasteiger partial charge in [0.1, 0.15) is 0 Å². The fourth-order valence-electron chi connectivity index (χ4n) is 1.95. The maximum atomic E-state index is 12.2. The van der Waals surface area contributed by atoms with Gasteiger partial charge in [-0.3, -0.25) is 4.79 Å². The second-order valence-electron chi connectivity index (χ2n) is 4.64. The molecule has 0 aliphatic heterocycles. The van der Waals surface area contributed by atoms with Crippen molar-refractivity contribution in [3.05, 3.63) is 70.2 Å². The monoisotopic (exact) mass is 303 g/mol. The molecule has 0 saturated heterocycles. The minimum atomic E-state index is -1.13. The lowest BCUT2D eigenvalue weighted by Gasteiger charge is -2.15. The van der Waals surface area contributed by atoms with Crippen LogP contribution in [-0.2, 0) is 4.79 Å². The van der Waals surface area contributed by atoms with E-state index in [-0.39, 0.29) is 5.56 Å². The number of benzene rings is 2. The summed E-state index contributed by atoms with van der Waals surface area (Å²) in [4.78, 5) is 23.6. The van der Waals surface area contributed by atoms with Crippen molar-refractivity contribution in [2.45, 2.75) is 13.0 Å². The van der Waals surface area contributed by atoms with Gasteiger partial charge in [-0.1, -0.05) is 48.0 Å². The molecule has 5 heteroatoms. The zero-order valence-electron chi connectivity index (χ0n) is 11.3. The number of nitrogens with one attached hydrogen (secondary N) is 1. The van der Waals surface area contributed by atoms with Gasteiger partial charge in [0.2, 0.25) is 0 Å². The van der Waals surface area contributed by atoms with Crippen molar-refractivity contribution in [3.63, 3.8) is 0 Å². The highest BCUT2D eigenvalue weighted by molar-refractivity contribution is 6.34. The Morgan fingerprint density at radius 1 is 1.14 bits per heavy atom. The summed E-state index contributed by atoms with van der Waals surface area (Å²) in [6, 6.07) is 12.4. The normalized spacial score (nSPS) is 11.7. The Bertz CT molecular complexity index is 670. The van der Waals surface area contributed by atoms with Crippen molar-refractivity contribution in [2.75, 3.05) is 0 Å². The van der Waals surface area contributed by atoms with Gasteiger partial charge in [-0.2, -0.15) is 0 Å². The number of halogens is 1. The Morgan fingerprint density at radius 3 is 2.38 bits per heavy atom. The minimum Gasteiger partial charge on any atom is -0.479 e. The van der Waals surface area contributed by atoms with Crippen LogP contribution in [0.15, 0.2) is 48.5 Å². The molecule has 2 aromatic rings. The van der Waals surface area contributed by atoms with Crippen molar-refractivity contribution < 1.29 is 14.7 Å². The Balaban J connectivity index is 2.25. The standard InChI is InChI=1S/C16H14ClNO3/c1-10-7-8-12(13(17)9-10)15(19)18-14(16(20)21)11-5-3-2-4-6-11/h2-9,14H,1H3,(H,18,19)(H,20,21)/t14-/m0/s1. The van der Waals surface area contributed by atoms with Gasteiger partial charge in [0, 0.05) is 0 Å². The molecule has 0 fully saturated rings. The number of carboxylic acid groups (broad SMARTS) is 1. The van der Waals surface area contributed by atoms with Gasteiger partial charge in [0.15, 0.2) is 6.04 Å². The lowest BCUT2D eigenvalue weighted by molar-refractivity contribution is -0.139. The summed E-state index contributed by atoms with van der Waals surface area (Å²) >= 11 is 6.03. The molecule has 21 heavy (non-hydrogen) atoms.